The van der Waals surface area contributed by atoms with Crippen LogP contribution in [0, 0.1) is 0 Å². The molecule has 0 aromatic carbocycles. The van der Waals surface area contributed by atoms with Gasteiger partial charge in [-0.05, 0) is 46.3 Å². The molecule has 6 heteroatoms. The van der Waals surface area contributed by atoms with Gasteiger partial charge in [-0.1, -0.05) is 13.3 Å². The van der Waals surface area contributed by atoms with Gasteiger partial charge in [0.2, 0.25) is 0 Å². The van der Waals surface area contributed by atoms with Crippen LogP contribution in [0.15, 0.2) is 4.99 Å². The molecule has 21 heavy (non-hydrogen) atoms. The van der Waals surface area contributed by atoms with Crippen LogP contribution in [0.2, 0.25) is 0 Å². The van der Waals surface area contributed by atoms with E-state index in [0.717, 1.165) is 56.9 Å². The first-order valence-electron chi connectivity index (χ1n) is 8.05. The summed E-state index contributed by atoms with van der Waals surface area (Å²) in [5, 5.41) is 7.21. The fourth-order valence-corrected chi connectivity index (χ4v) is 4.09. The third kappa shape index (κ3) is 7.27. The van der Waals surface area contributed by atoms with Crippen molar-refractivity contribution in [3.8, 4) is 0 Å². The van der Waals surface area contributed by atoms with Crippen LogP contribution in [-0.2, 0) is 10.8 Å². The van der Waals surface area contributed by atoms with Crippen LogP contribution in [0.1, 0.15) is 39.0 Å². The molecule has 1 aliphatic rings. The minimum atomic E-state index is -0.669. The van der Waals surface area contributed by atoms with Crippen molar-refractivity contribution in [2.75, 3.05) is 40.0 Å². The largest absolute Gasteiger partial charge is 0.356 e. The summed E-state index contributed by atoms with van der Waals surface area (Å²) in [5.74, 6) is 1.65. The van der Waals surface area contributed by atoms with Crippen LogP contribution in [0.25, 0.3) is 0 Å². The van der Waals surface area contributed by atoms with E-state index in [1.165, 1.54) is 0 Å². The second kappa shape index (κ2) is 10.2. The van der Waals surface area contributed by atoms with Crippen LogP contribution in [0.3, 0.4) is 0 Å². The van der Waals surface area contributed by atoms with Crippen molar-refractivity contribution in [2.24, 2.45) is 4.99 Å². The SMILES string of the molecule is CCS(=O)C1CCCC(NC(=NC)NCCCN(C)C)C1. The minimum Gasteiger partial charge on any atom is -0.356 e. The van der Waals surface area contributed by atoms with E-state index in [4.69, 9.17) is 0 Å². The Morgan fingerprint density at radius 1 is 1.38 bits per heavy atom. The topological polar surface area (TPSA) is 56.7 Å². The second-order valence-electron chi connectivity index (χ2n) is 5.96. The molecule has 1 rings (SSSR count). The Morgan fingerprint density at radius 2 is 2.14 bits per heavy atom. The highest BCUT2D eigenvalue weighted by Crippen LogP contribution is 2.22. The van der Waals surface area contributed by atoms with E-state index >= 15 is 0 Å². The van der Waals surface area contributed by atoms with E-state index in [9.17, 15) is 4.21 Å². The molecule has 2 N–H and O–H groups in total. The predicted molar refractivity (Wildman–Crippen MR) is 92.4 cm³/mol. The zero-order chi connectivity index (χ0) is 15.7. The van der Waals surface area contributed by atoms with E-state index in [2.05, 4.69) is 34.6 Å². The molecule has 5 nitrogen and oxygen atoms in total. The molecule has 0 amide bonds. The number of rotatable bonds is 7. The van der Waals surface area contributed by atoms with Crippen molar-refractivity contribution in [1.82, 2.24) is 15.5 Å². The molecule has 1 aliphatic carbocycles. The second-order valence-corrected chi connectivity index (χ2v) is 7.96. The first-order chi connectivity index (χ1) is 10.1. The highest BCUT2D eigenvalue weighted by molar-refractivity contribution is 7.85. The Hall–Kier alpha value is -0.620. The Kier molecular flexibility index (Phi) is 8.92. The number of aliphatic imine (C=N–C) groups is 1. The summed E-state index contributed by atoms with van der Waals surface area (Å²) < 4.78 is 12.0. The van der Waals surface area contributed by atoms with E-state index in [1.54, 1.807) is 0 Å². The molecule has 0 heterocycles. The first kappa shape index (κ1) is 18.4. The summed E-state index contributed by atoms with van der Waals surface area (Å²) in [6, 6.07) is 0.402. The zero-order valence-electron chi connectivity index (χ0n) is 14.0. The van der Waals surface area contributed by atoms with Gasteiger partial charge in [0.15, 0.2) is 5.96 Å². The number of guanidine groups is 1. The van der Waals surface area contributed by atoms with Crippen LogP contribution in [0.5, 0.6) is 0 Å². The molecule has 0 aromatic heterocycles. The molecule has 3 atom stereocenters. The molecule has 1 fully saturated rings. The van der Waals surface area contributed by atoms with Gasteiger partial charge in [-0.3, -0.25) is 9.20 Å². The zero-order valence-corrected chi connectivity index (χ0v) is 14.8. The van der Waals surface area contributed by atoms with Crippen molar-refractivity contribution in [2.45, 2.75) is 50.3 Å². The third-order valence-electron chi connectivity index (χ3n) is 3.92. The van der Waals surface area contributed by atoms with Crippen molar-refractivity contribution >= 4 is 16.8 Å². The van der Waals surface area contributed by atoms with Gasteiger partial charge in [0.05, 0.1) is 0 Å². The van der Waals surface area contributed by atoms with Crippen LogP contribution < -0.4 is 10.6 Å². The lowest BCUT2D eigenvalue weighted by Gasteiger charge is -2.30. The average molecular weight is 317 g/mol. The van der Waals surface area contributed by atoms with E-state index < -0.39 is 10.8 Å². The van der Waals surface area contributed by atoms with Crippen molar-refractivity contribution < 1.29 is 4.21 Å². The Labute approximate surface area is 132 Å². The molecule has 0 aromatic rings. The Bertz CT molecular complexity index is 347. The van der Waals surface area contributed by atoms with Gasteiger partial charge in [0.1, 0.15) is 0 Å². The lowest BCUT2D eigenvalue weighted by Crippen LogP contribution is -2.47. The summed E-state index contributed by atoms with van der Waals surface area (Å²) in [5.41, 5.74) is 0. The summed E-state index contributed by atoms with van der Waals surface area (Å²) in [4.78, 5) is 6.48. The van der Waals surface area contributed by atoms with E-state index in [-0.39, 0.29) is 0 Å². The molecular weight excluding hydrogens is 284 g/mol. The predicted octanol–water partition coefficient (Wildman–Crippen LogP) is 1.18. The van der Waals surface area contributed by atoms with E-state index in [0.29, 0.717) is 11.3 Å². The van der Waals surface area contributed by atoms with Gasteiger partial charge >= 0.3 is 0 Å². The molecule has 1 saturated carbocycles. The van der Waals surface area contributed by atoms with Crippen molar-refractivity contribution in [1.29, 1.82) is 0 Å². The van der Waals surface area contributed by atoms with Gasteiger partial charge in [0, 0.05) is 41.4 Å². The van der Waals surface area contributed by atoms with Gasteiger partial charge in [-0.15, -0.1) is 0 Å². The van der Waals surface area contributed by atoms with Crippen LogP contribution in [-0.4, -0.2) is 66.3 Å². The highest BCUT2D eigenvalue weighted by Gasteiger charge is 2.25. The minimum absolute atomic E-state index is 0.355. The van der Waals surface area contributed by atoms with Gasteiger partial charge < -0.3 is 15.5 Å². The first-order valence-corrected chi connectivity index (χ1v) is 9.44. The summed E-state index contributed by atoms with van der Waals surface area (Å²) in [6.07, 6.45) is 5.51. The molecule has 0 saturated heterocycles. The van der Waals surface area contributed by atoms with Crippen molar-refractivity contribution in [3.63, 3.8) is 0 Å². The summed E-state index contributed by atoms with van der Waals surface area (Å²) >= 11 is 0. The number of hydrogen-bond donors (Lipinski definition) is 2. The maximum absolute atomic E-state index is 12.0. The molecular formula is C15H32N4OS. The number of hydrogen-bond acceptors (Lipinski definition) is 3. The molecule has 0 spiro atoms. The van der Waals surface area contributed by atoms with Crippen LogP contribution >= 0.6 is 0 Å². The highest BCUT2D eigenvalue weighted by atomic mass is 32.2. The lowest BCUT2D eigenvalue weighted by molar-refractivity contribution is 0.396. The third-order valence-corrected chi connectivity index (χ3v) is 5.66. The van der Waals surface area contributed by atoms with Gasteiger partial charge in [-0.2, -0.15) is 0 Å². The maximum atomic E-state index is 12.0. The average Bonchev–Trinajstić information content (AvgIpc) is 2.49. The number of nitrogens with one attached hydrogen (secondary N) is 2. The number of nitrogens with zero attached hydrogens (tertiary/aromatic N) is 2. The molecule has 0 bridgehead atoms. The van der Waals surface area contributed by atoms with Gasteiger partial charge in [0.25, 0.3) is 0 Å². The standard InChI is InChI=1S/C15H32N4OS/c1-5-21(20)14-9-6-8-13(12-14)18-15(16-2)17-10-7-11-19(3)4/h13-14H,5-12H2,1-4H3,(H2,16,17,18). The fourth-order valence-electron chi connectivity index (χ4n) is 2.74. The van der Waals surface area contributed by atoms with Crippen LogP contribution in [0.4, 0.5) is 0 Å². The smallest absolute Gasteiger partial charge is 0.191 e. The molecule has 0 radical (unpaired) electrons. The summed E-state index contributed by atoms with van der Waals surface area (Å²) in [6.45, 7) is 4.01. The monoisotopic (exact) mass is 316 g/mol. The fraction of sp³-hybridized carbons (Fsp3) is 0.933. The quantitative estimate of drug-likeness (QED) is 0.421. The normalized spacial score (nSPS) is 24.9. The maximum Gasteiger partial charge on any atom is 0.191 e. The summed E-state index contributed by atoms with van der Waals surface area (Å²) in [7, 11) is 5.32. The van der Waals surface area contributed by atoms with Crippen molar-refractivity contribution in [3.05, 3.63) is 0 Å². The van der Waals surface area contributed by atoms with Gasteiger partial charge in [-0.25, -0.2) is 0 Å². The van der Waals surface area contributed by atoms with E-state index in [1.807, 2.05) is 14.0 Å². The molecule has 3 unspecified atom stereocenters. The molecule has 124 valence electrons. The Morgan fingerprint density at radius 3 is 2.76 bits per heavy atom. The Balaban J connectivity index is 2.34. The molecule has 0 aliphatic heterocycles. The lowest BCUT2D eigenvalue weighted by atomic mass is 9.95.